The maximum atomic E-state index is 11.9. The van der Waals surface area contributed by atoms with E-state index in [9.17, 15) is 4.79 Å². The van der Waals surface area contributed by atoms with Crippen LogP contribution in [-0.4, -0.2) is 26.1 Å². The van der Waals surface area contributed by atoms with Crippen molar-refractivity contribution in [3.05, 3.63) is 24.3 Å². The molecule has 92 valence electrons. The number of ether oxygens (including phenoxy) is 1. The molecular weight excluding hydrogens is 216 g/mol. The van der Waals surface area contributed by atoms with Crippen molar-refractivity contribution in [1.82, 2.24) is 5.32 Å². The number of rotatable bonds is 3. The van der Waals surface area contributed by atoms with Gasteiger partial charge in [0.25, 0.3) is 0 Å². The number of anilines is 1. The molecule has 1 aromatic rings. The molecule has 2 rings (SSSR count). The Bertz CT molecular complexity index is 370. The quantitative estimate of drug-likeness (QED) is 0.835. The average molecular weight is 234 g/mol. The molecule has 1 aliphatic heterocycles. The lowest BCUT2D eigenvalue weighted by molar-refractivity contribution is -0.120. The monoisotopic (exact) mass is 234 g/mol. The molecule has 17 heavy (non-hydrogen) atoms. The highest BCUT2D eigenvalue weighted by Gasteiger charge is 2.20. The molecule has 1 fully saturated rings. The second-order valence-corrected chi connectivity index (χ2v) is 4.26. The van der Waals surface area contributed by atoms with Crippen LogP contribution in [0, 0.1) is 5.92 Å². The van der Waals surface area contributed by atoms with E-state index < -0.39 is 0 Å². The van der Waals surface area contributed by atoms with Gasteiger partial charge >= 0.3 is 0 Å². The van der Waals surface area contributed by atoms with Crippen molar-refractivity contribution in [1.29, 1.82) is 0 Å². The molecule has 1 aromatic carbocycles. The summed E-state index contributed by atoms with van der Waals surface area (Å²) >= 11 is 0. The van der Waals surface area contributed by atoms with Crippen molar-refractivity contribution >= 4 is 11.6 Å². The summed E-state index contributed by atoms with van der Waals surface area (Å²) in [7, 11) is 1.63. The van der Waals surface area contributed by atoms with Crippen molar-refractivity contribution in [2.24, 2.45) is 5.92 Å². The molecule has 0 saturated carbocycles. The average Bonchev–Trinajstić information content (AvgIpc) is 2.40. The lowest BCUT2D eigenvalue weighted by atomic mass is 9.99. The Labute approximate surface area is 101 Å². The van der Waals surface area contributed by atoms with Gasteiger partial charge in [0.15, 0.2) is 0 Å². The highest BCUT2D eigenvalue weighted by Crippen LogP contribution is 2.17. The van der Waals surface area contributed by atoms with Gasteiger partial charge in [-0.2, -0.15) is 0 Å². The smallest absolute Gasteiger partial charge is 0.228 e. The number of carbonyl (C=O) groups is 1. The van der Waals surface area contributed by atoms with E-state index in [2.05, 4.69) is 10.6 Å². The summed E-state index contributed by atoms with van der Waals surface area (Å²) in [5.41, 5.74) is 0.821. The number of hydrogen-bond donors (Lipinski definition) is 2. The van der Waals surface area contributed by atoms with Crippen LogP contribution in [0.25, 0.3) is 0 Å². The first kappa shape index (κ1) is 11.9. The molecule has 0 unspecified atom stereocenters. The molecule has 4 nitrogen and oxygen atoms in total. The molecule has 1 saturated heterocycles. The zero-order chi connectivity index (χ0) is 12.1. The number of methoxy groups -OCH3 is 1. The largest absolute Gasteiger partial charge is 0.497 e. The Hall–Kier alpha value is -1.55. The normalized spacial score (nSPS) is 19.7. The van der Waals surface area contributed by atoms with E-state index in [0.29, 0.717) is 0 Å². The third-order valence-corrected chi connectivity index (χ3v) is 3.03. The SMILES string of the molecule is COc1ccc(NC(=O)[C@H]2CCCNC2)cc1. The van der Waals surface area contributed by atoms with E-state index in [0.717, 1.165) is 37.4 Å². The Balaban J connectivity index is 1.92. The van der Waals surface area contributed by atoms with E-state index >= 15 is 0 Å². The summed E-state index contributed by atoms with van der Waals surface area (Å²) in [6.45, 7) is 1.80. The van der Waals surface area contributed by atoms with Gasteiger partial charge in [0.2, 0.25) is 5.91 Å². The van der Waals surface area contributed by atoms with Crippen LogP contribution in [0.1, 0.15) is 12.8 Å². The fourth-order valence-electron chi connectivity index (χ4n) is 1.99. The van der Waals surface area contributed by atoms with Gasteiger partial charge in [-0.15, -0.1) is 0 Å². The number of carbonyl (C=O) groups excluding carboxylic acids is 1. The molecular formula is C13H18N2O2. The molecule has 0 aromatic heterocycles. The molecule has 0 radical (unpaired) electrons. The fraction of sp³-hybridized carbons (Fsp3) is 0.462. The van der Waals surface area contributed by atoms with Crippen molar-refractivity contribution in [2.45, 2.75) is 12.8 Å². The van der Waals surface area contributed by atoms with E-state index in [1.54, 1.807) is 7.11 Å². The molecule has 4 heteroatoms. The molecule has 1 heterocycles. The summed E-state index contributed by atoms with van der Waals surface area (Å²) in [6, 6.07) is 7.39. The molecule has 1 atom stereocenters. The highest BCUT2D eigenvalue weighted by molar-refractivity contribution is 5.92. The number of hydrogen-bond acceptors (Lipinski definition) is 3. The van der Waals surface area contributed by atoms with Gasteiger partial charge in [-0.25, -0.2) is 0 Å². The summed E-state index contributed by atoms with van der Waals surface area (Å²) in [5, 5.41) is 6.17. The van der Waals surface area contributed by atoms with Crippen molar-refractivity contribution in [2.75, 3.05) is 25.5 Å². The van der Waals surface area contributed by atoms with Gasteiger partial charge in [-0.1, -0.05) is 0 Å². The second-order valence-electron chi connectivity index (χ2n) is 4.26. The van der Waals surface area contributed by atoms with E-state index in [4.69, 9.17) is 4.74 Å². The van der Waals surface area contributed by atoms with Gasteiger partial charge in [0.1, 0.15) is 5.75 Å². The Morgan fingerprint density at radius 1 is 1.41 bits per heavy atom. The summed E-state index contributed by atoms with van der Waals surface area (Å²) < 4.78 is 5.07. The summed E-state index contributed by atoms with van der Waals surface area (Å²) in [6.07, 6.45) is 2.04. The van der Waals surface area contributed by atoms with Gasteiger partial charge in [0.05, 0.1) is 13.0 Å². The first-order valence-corrected chi connectivity index (χ1v) is 5.95. The van der Waals surface area contributed by atoms with E-state index in [1.807, 2.05) is 24.3 Å². The van der Waals surface area contributed by atoms with Crippen LogP contribution in [0.4, 0.5) is 5.69 Å². The number of piperidine rings is 1. The van der Waals surface area contributed by atoms with Crippen LogP contribution >= 0.6 is 0 Å². The minimum Gasteiger partial charge on any atom is -0.497 e. The lowest BCUT2D eigenvalue weighted by Gasteiger charge is -2.21. The molecule has 1 amide bonds. The first-order valence-electron chi connectivity index (χ1n) is 5.95. The predicted molar refractivity (Wildman–Crippen MR) is 67.2 cm³/mol. The maximum Gasteiger partial charge on any atom is 0.228 e. The van der Waals surface area contributed by atoms with Gasteiger partial charge in [-0.3, -0.25) is 4.79 Å². The van der Waals surface area contributed by atoms with Crippen molar-refractivity contribution < 1.29 is 9.53 Å². The predicted octanol–water partition coefficient (Wildman–Crippen LogP) is 1.63. The molecule has 2 N–H and O–H groups in total. The fourth-order valence-corrected chi connectivity index (χ4v) is 1.99. The van der Waals surface area contributed by atoms with Gasteiger partial charge in [0, 0.05) is 12.2 Å². The summed E-state index contributed by atoms with van der Waals surface area (Å²) in [5.74, 6) is 0.982. The van der Waals surface area contributed by atoms with Crippen molar-refractivity contribution in [3.8, 4) is 5.75 Å². The van der Waals surface area contributed by atoms with Crippen LogP contribution in [0.5, 0.6) is 5.75 Å². The zero-order valence-electron chi connectivity index (χ0n) is 10.0. The van der Waals surface area contributed by atoms with E-state index in [1.165, 1.54) is 0 Å². The van der Waals surface area contributed by atoms with Crippen LogP contribution in [0.15, 0.2) is 24.3 Å². The third kappa shape index (κ3) is 3.20. The van der Waals surface area contributed by atoms with Crippen LogP contribution < -0.4 is 15.4 Å². The Morgan fingerprint density at radius 2 is 2.18 bits per heavy atom. The van der Waals surface area contributed by atoms with Crippen LogP contribution in [0.3, 0.4) is 0 Å². The maximum absolute atomic E-state index is 11.9. The van der Waals surface area contributed by atoms with Gasteiger partial charge in [-0.05, 0) is 43.7 Å². The standard InChI is InChI=1S/C13H18N2O2/c1-17-12-6-4-11(5-7-12)15-13(16)10-3-2-8-14-9-10/h4-7,10,14H,2-3,8-9H2,1H3,(H,15,16)/t10-/m0/s1. The van der Waals surface area contributed by atoms with Crippen LogP contribution in [0.2, 0.25) is 0 Å². The second kappa shape index (κ2) is 5.68. The highest BCUT2D eigenvalue weighted by atomic mass is 16.5. The molecule has 0 spiro atoms. The number of nitrogens with one attached hydrogen (secondary N) is 2. The Kier molecular flexibility index (Phi) is 3.98. The summed E-state index contributed by atoms with van der Waals surface area (Å²) in [4.78, 5) is 11.9. The minimum absolute atomic E-state index is 0.0888. The number of benzene rings is 1. The van der Waals surface area contributed by atoms with Gasteiger partial charge < -0.3 is 15.4 Å². The zero-order valence-corrected chi connectivity index (χ0v) is 10.0. The molecule has 1 aliphatic rings. The molecule has 0 bridgehead atoms. The van der Waals surface area contributed by atoms with Crippen LogP contribution in [-0.2, 0) is 4.79 Å². The third-order valence-electron chi connectivity index (χ3n) is 3.03. The minimum atomic E-state index is 0.0888. The molecule has 0 aliphatic carbocycles. The first-order chi connectivity index (χ1) is 8.29. The lowest BCUT2D eigenvalue weighted by Crippen LogP contribution is -2.37. The van der Waals surface area contributed by atoms with Crippen molar-refractivity contribution in [3.63, 3.8) is 0 Å². The number of amides is 1. The van der Waals surface area contributed by atoms with E-state index in [-0.39, 0.29) is 11.8 Å². The Morgan fingerprint density at radius 3 is 2.76 bits per heavy atom. The topological polar surface area (TPSA) is 50.4 Å².